The third-order valence-corrected chi connectivity index (χ3v) is 10.2. The summed E-state index contributed by atoms with van der Waals surface area (Å²) in [5.41, 5.74) is 3.85. The van der Waals surface area contributed by atoms with Crippen molar-refractivity contribution in [1.82, 2.24) is 0 Å². The lowest BCUT2D eigenvalue weighted by molar-refractivity contribution is 0.315. The van der Waals surface area contributed by atoms with Crippen molar-refractivity contribution in [2.75, 3.05) is 6.61 Å². The van der Waals surface area contributed by atoms with Gasteiger partial charge in [0.1, 0.15) is 5.75 Å². The summed E-state index contributed by atoms with van der Waals surface area (Å²) in [4.78, 5) is 0. The lowest BCUT2D eigenvalue weighted by Gasteiger charge is -2.25. The second kappa shape index (κ2) is 12.2. The van der Waals surface area contributed by atoms with Crippen LogP contribution in [0.25, 0.3) is 12.2 Å². The highest BCUT2D eigenvalue weighted by molar-refractivity contribution is 6.77. The first-order valence-electron chi connectivity index (χ1n) is 10.9. The van der Waals surface area contributed by atoms with Crippen LogP contribution in [-0.4, -0.2) is 24.0 Å². The lowest BCUT2D eigenvalue weighted by Crippen LogP contribution is -2.35. The number of ether oxygens (including phenoxy) is 1. The quantitative estimate of drug-likeness (QED) is 0.200. The van der Waals surface area contributed by atoms with Crippen LogP contribution in [0.1, 0.15) is 42.9 Å². The Labute approximate surface area is 180 Å². The van der Waals surface area contributed by atoms with E-state index in [1.807, 2.05) is 0 Å². The maximum Gasteiger partial charge on any atom is 0.191 e. The van der Waals surface area contributed by atoms with Crippen LogP contribution in [0.5, 0.6) is 5.75 Å². The van der Waals surface area contributed by atoms with Gasteiger partial charge < -0.3 is 8.85 Å². The van der Waals surface area contributed by atoms with Crippen LogP contribution in [0, 0.1) is 0 Å². The maximum absolute atomic E-state index is 6.17. The molecule has 0 N–H and O–H groups in total. The van der Waals surface area contributed by atoms with Gasteiger partial charge in [-0.05, 0) is 80.3 Å². The molecule has 2 nitrogen and oxygen atoms in total. The summed E-state index contributed by atoms with van der Waals surface area (Å²) < 4.78 is 12.1. The van der Waals surface area contributed by atoms with Crippen molar-refractivity contribution >= 4 is 29.5 Å². The van der Waals surface area contributed by atoms with E-state index in [-0.39, 0.29) is 0 Å². The predicted octanol–water partition coefficient (Wildman–Crippen LogP) is 7.44. The number of aryl methyl sites for hydroxylation is 1. The van der Waals surface area contributed by atoms with Crippen molar-refractivity contribution in [2.24, 2.45) is 0 Å². The fraction of sp³-hybridized carbons (Fsp3) is 0.440. The van der Waals surface area contributed by atoms with Crippen molar-refractivity contribution < 1.29 is 8.85 Å². The molecule has 2 aromatic rings. The molecule has 0 atom stereocenters. The van der Waals surface area contributed by atoms with E-state index in [0.717, 1.165) is 24.8 Å². The molecule has 157 valence electrons. The molecule has 0 spiro atoms. The minimum absolute atomic E-state index is 0.602. The second-order valence-electron chi connectivity index (χ2n) is 8.47. The van der Waals surface area contributed by atoms with Gasteiger partial charge in [0.05, 0.1) is 6.61 Å². The fourth-order valence-electron chi connectivity index (χ4n) is 3.34. The SMILES string of the molecule is CCCCc1ccc(/C=C/c2ccc(OCCC[Si](C)(C)O[Si](C)C)cc2)cc1. The Balaban J connectivity index is 1.77. The van der Waals surface area contributed by atoms with Gasteiger partial charge >= 0.3 is 0 Å². The van der Waals surface area contributed by atoms with E-state index in [1.54, 1.807) is 0 Å². The molecule has 2 rings (SSSR count). The van der Waals surface area contributed by atoms with E-state index >= 15 is 0 Å². The first kappa shape index (κ1) is 23.7. The highest BCUT2D eigenvalue weighted by Gasteiger charge is 2.23. The summed E-state index contributed by atoms with van der Waals surface area (Å²) >= 11 is 0. The normalized spacial score (nSPS) is 12.1. The van der Waals surface area contributed by atoms with Gasteiger partial charge in [-0.25, -0.2) is 0 Å². The Morgan fingerprint density at radius 2 is 1.45 bits per heavy atom. The molecular weight excluding hydrogens is 388 g/mol. The van der Waals surface area contributed by atoms with E-state index in [4.69, 9.17) is 8.85 Å². The number of hydrogen-bond acceptors (Lipinski definition) is 2. The molecule has 0 aliphatic heterocycles. The van der Waals surface area contributed by atoms with Crippen molar-refractivity contribution in [2.45, 2.75) is 64.8 Å². The standard InChI is InChI=1S/C25H37O2Si2/c1-6-7-9-22-10-12-23(13-11-22)14-15-24-16-18-25(19-17-24)26-20-8-21-29(4,5)27-28(2)3/h10-19H,6-9,20-21H2,1-5H3/b15-14+. The van der Waals surface area contributed by atoms with Crippen LogP contribution >= 0.6 is 0 Å². The van der Waals surface area contributed by atoms with Crippen LogP contribution in [0.15, 0.2) is 48.5 Å². The Morgan fingerprint density at radius 3 is 2.00 bits per heavy atom. The molecule has 0 aromatic heterocycles. The molecule has 0 saturated heterocycles. The Bertz CT molecular complexity index is 734. The van der Waals surface area contributed by atoms with Crippen LogP contribution in [0.4, 0.5) is 0 Å². The molecule has 29 heavy (non-hydrogen) atoms. The average Bonchev–Trinajstić information content (AvgIpc) is 2.69. The summed E-state index contributed by atoms with van der Waals surface area (Å²) in [5, 5.41) is 0. The molecular formula is C25H37O2Si2. The van der Waals surface area contributed by atoms with E-state index in [1.165, 1.54) is 36.0 Å². The molecule has 0 bridgehead atoms. The van der Waals surface area contributed by atoms with Crippen molar-refractivity contribution in [3.05, 3.63) is 65.2 Å². The minimum atomic E-state index is -1.51. The number of hydrogen-bond donors (Lipinski definition) is 0. The maximum atomic E-state index is 6.17. The molecule has 2 aromatic carbocycles. The van der Waals surface area contributed by atoms with Gasteiger partial charge in [0, 0.05) is 0 Å². The number of benzene rings is 2. The van der Waals surface area contributed by atoms with Crippen LogP contribution in [0.3, 0.4) is 0 Å². The van der Waals surface area contributed by atoms with Gasteiger partial charge in [-0.1, -0.05) is 61.9 Å². The predicted molar refractivity (Wildman–Crippen MR) is 131 cm³/mol. The zero-order valence-electron chi connectivity index (χ0n) is 18.8. The van der Waals surface area contributed by atoms with E-state index in [0.29, 0.717) is 0 Å². The highest BCUT2D eigenvalue weighted by Crippen LogP contribution is 2.18. The van der Waals surface area contributed by atoms with Gasteiger partial charge in [0.15, 0.2) is 17.4 Å². The van der Waals surface area contributed by atoms with E-state index in [9.17, 15) is 0 Å². The van der Waals surface area contributed by atoms with Crippen molar-refractivity contribution in [1.29, 1.82) is 0 Å². The first-order valence-corrected chi connectivity index (χ1v) is 16.4. The van der Waals surface area contributed by atoms with Crippen molar-refractivity contribution in [3.8, 4) is 5.75 Å². The van der Waals surface area contributed by atoms with Gasteiger partial charge in [-0.2, -0.15) is 0 Å². The third-order valence-electron chi connectivity index (χ3n) is 4.82. The smallest absolute Gasteiger partial charge is 0.191 e. The summed E-state index contributed by atoms with van der Waals surface area (Å²) in [6, 6.07) is 18.4. The summed E-state index contributed by atoms with van der Waals surface area (Å²) in [5.74, 6) is 0.943. The Kier molecular flexibility index (Phi) is 9.91. The van der Waals surface area contributed by atoms with Crippen molar-refractivity contribution in [3.63, 3.8) is 0 Å². The van der Waals surface area contributed by atoms with Gasteiger partial charge in [0.25, 0.3) is 0 Å². The molecule has 4 heteroatoms. The average molecular weight is 426 g/mol. The van der Waals surface area contributed by atoms with Crippen LogP contribution in [-0.2, 0) is 10.5 Å². The highest BCUT2D eigenvalue weighted by atomic mass is 28.4. The lowest BCUT2D eigenvalue weighted by atomic mass is 10.1. The van der Waals surface area contributed by atoms with Crippen LogP contribution in [0.2, 0.25) is 32.2 Å². The summed E-state index contributed by atoms with van der Waals surface area (Å²) in [7, 11) is -2.11. The summed E-state index contributed by atoms with van der Waals surface area (Å²) in [6.45, 7) is 12.0. The van der Waals surface area contributed by atoms with Gasteiger partial charge in [-0.3, -0.25) is 0 Å². The van der Waals surface area contributed by atoms with Crippen LogP contribution < -0.4 is 4.74 Å². The zero-order valence-corrected chi connectivity index (χ0v) is 20.8. The number of unbranched alkanes of at least 4 members (excludes halogenated alkanes) is 1. The monoisotopic (exact) mass is 425 g/mol. The molecule has 0 amide bonds. The first-order chi connectivity index (χ1) is 13.9. The molecule has 0 heterocycles. The topological polar surface area (TPSA) is 18.5 Å². The second-order valence-corrected chi connectivity index (χ2v) is 15.1. The van der Waals surface area contributed by atoms with E-state index in [2.05, 4.69) is 93.8 Å². The molecule has 0 aliphatic rings. The Morgan fingerprint density at radius 1 is 0.862 bits per heavy atom. The fourth-order valence-corrected chi connectivity index (χ4v) is 9.16. The molecule has 0 saturated carbocycles. The van der Waals surface area contributed by atoms with E-state index < -0.39 is 17.4 Å². The number of rotatable bonds is 12. The molecule has 0 fully saturated rings. The van der Waals surface area contributed by atoms with Gasteiger partial charge in [-0.15, -0.1) is 0 Å². The largest absolute Gasteiger partial charge is 0.494 e. The molecule has 0 aliphatic carbocycles. The van der Waals surface area contributed by atoms with Gasteiger partial charge in [0.2, 0.25) is 0 Å². The molecule has 0 unspecified atom stereocenters. The summed E-state index contributed by atoms with van der Waals surface area (Å²) in [6.07, 6.45) is 9.07. The Hall–Kier alpha value is -1.63. The molecule has 1 radical (unpaired) electrons. The minimum Gasteiger partial charge on any atom is -0.494 e. The zero-order chi connectivity index (χ0) is 21.1. The third kappa shape index (κ3) is 9.61.